The molecule has 0 heterocycles. The van der Waals surface area contributed by atoms with Crippen molar-refractivity contribution in [3.63, 3.8) is 0 Å². The molecule has 0 unspecified atom stereocenters. The minimum atomic E-state index is -0.984. The molecular weight excluding hydrogens is 352 g/mol. The summed E-state index contributed by atoms with van der Waals surface area (Å²) in [5, 5.41) is 20.8. The summed E-state index contributed by atoms with van der Waals surface area (Å²) in [4.78, 5) is 0.325. The molecule has 0 aliphatic heterocycles. The third kappa shape index (κ3) is 7.82. The van der Waals surface area contributed by atoms with E-state index in [1.54, 1.807) is 6.92 Å². The van der Waals surface area contributed by atoms with Crippen molar-refractivity contribution < 1.29 is 10.2 Å². The molecule has 0 spiro atoms. The molecule has 0 aromatic carbocycles. The Bertz CT molecular complexity index is 449. The van der Waals surface area contributed by atoms with Gasteiger partial charge in [-0.3, -0.25) is 0 Å². The number of aliphatic hydroxyl groups is 2. The second kappa shape index (κ2) is 9.19. The molecule has 0 amide bonds. The van der Waals surface area contributed by atoms with Gasteiger partial charge in [0.2, 0.25) is 0 Å². The Labute approximate surface area is 150 Å². The van der Waals surface area contributed by atoms with Gasteiger partial charge in [0.15, 0.2) is 0 Å². The highest BCUT2D eigenvalue weighted by Crippen LogP contribution is 2.29. The van der Waals surface area contributed by atoms with Crippen LogP contribution in [0.4, 0.5) is 0 Å². The predicted octanol–water partition coefficient (Wildman–Crippen LogP) is 5.16. The van der Waals surface area contributed by atoms with Gasteiger partial charge in [0, 0.05) is 11.2 Å². The molecular formula is C20H33BrO2. The smallest absolute Gasteiger partial charge is 0.0827 e. The molecule has 0 bridgehead atoms. The molecule has 1 aliphatic carbocycles. The van der Waals surface area contributed by atoms with Gasteiger partial charge in [-0.15, -0.1) is 0 Å². The maximum absolute atomic E-state index is 10.5. The number of aliphatic hydroxyl groups excluding tert-OH is 1. The molecule has 0 saturated heterocycles. The number of alkyl halides is 1. The van der Waals surface area contributed by atoms with Gasteiger partial charge in [0.1, 0.15) is 0 Å². The predicted molar refractivity (Wildman–Crippen MR) is 103 cm³/mol. The molecule has 1 aliphatic rings. The average Bonchev–Trinajstić information content (AvgIpc) is 2.42. The summed E-state index contributed by atoms with van der Waals surface area (Å²) in [6, 6.07) is 0. The zero-order valence-electron chi connectivity index (χ0n) is 15.1. The Morgan fingerprint density at radius 1 is 1.30 bits per heavy atom. The number of halogens is 1. The van der Waals surface area contributed by atoms with Crippen LogP contribution in [-0.2, 0) is 0 Å². The van der Waals surface area contributed by atoms with E-state index in [0.717, 1.165) is 31.3 Å². The van der Waals surface area contributed by atoms with E-state index >= 15 is 0 Å². The summed E-state index contributed by atoms with van der Waals surface area (Å²) >= 11 is 3.75. The first-order valence-corrected chi connectivity index (χ1v) is 9.61. The molecule has 4 atom stereocenters. The van der Waals surface area contributed by atoms with E-state index in [1.165, 1.54) is 5.57 Å². The maximum Gasteiger partial charge on any atom is 0.0827 e. The molecule has 0 aromatic rings. The van der Waals surface area contributed by atoms with Crippen molar-refractivity contribution in [1.82, 2.24) is 0 Å². The normalized spacial score (nSPS) is 38.7. The van der Waals surface area contributed by atoms with E-state index in [-0.39, 0.29) is 0 Å². The van der Waals surface area contributed by atoms with Crippen molar-refractivity contribution in [2.45, 2.75) is 76.3 Å². The van der Waals surface area contributed by atoms with Crippen LogP contribution in [0.15, 0.2) is 36.0 Å². The Balaban J connectivity index is 2.98. The monoisotopic (exact) mass is 384 g/mol. The molecule has 132 valence electrons. The van der Waals surface area contributed by atoms with Crippen LogP contribution in [-0.4, -0.2) is 26.7 Å². The minimum Gasteiger partial charge on any atom is -0.389 e. The maximum atomic E-state index is 10.5. The van der Waals surface area contributed by atoms with Crippen molar-refractivity contribution in [3.05, 3.63) is 36.0 Å². The average molecular weight is 385 g/mol. The summed E-state index contributed by atoms with van der Waals surface area (Å²) in [5.41, 5.74) is 1.41. The van der Waals surface area contributed by atoms with Gasteiger partial charge in [-0.2, -0.15) is 0 Å². The minimum absolute atomic E-state index is 0.325. The number of hydrogen-bond donors (Lipinski definition) is 2. The third-order valence-corrected chi connectivity index (χ3v) is 5.80. The lowest BCUT2D eigenvalue weighted by Gasteiger charge is -2.25. The summed E-state index contributed by atoms with van der Waals surface area (Å²) < 4.78 is 0. The Kier molecular flexibility index (Phi) is 8.26. The molecule has 0 radical (unpaired) electrons. The van der Waals surface area contributed by atoms with Gasteiger partial charge in [0.05, 0.1) is 11.7 Å². The molecule has 1 rings (SSSR count). The van der Waals surface area contributed by atoms with E-state index in [2.05, 4.69) is 42.4 Å². The Morgan fingerprint density at radius 3 is 2.57 bits per heavy atom. The van der Waals surface area contributed by atoms with Gasteiger partial charge < -0.3 is 10.2 Å². The summed E-state index contributed by atoms with van der Waals surface area (Å²) in [5.74, 6) is 0.930. The Morgan fingerprint density at radius 2 is 1.96 bits per heavy atom. The first-order valence-electron chi connectivity index (χ1n) is 8.69. The van der Waals surface area contributed by atoms with E-state index in [4.69, 9.17) is 0 Å². The third-order valence-electron chi connectivity index (χ3n) is 4.69. The van der Waals surface area contributed by atoms with E-state index < -0.39 is 11.7 Å². The van der Waals surface area contributed by atoms with Crippen molar-refractivity contribution >= 4 is 15.9 Å². The lowest BCUT2D eigenvalue weighted by Crippen LogP contribution is -2.27. The van der Waals surface area contributed by atoms with Gasteiger partial charge in [-0.1, -0.05) is 65.7 Å². The van der Waals surface area contributed by atoms with Gasteiger partial charge in [-0.25, -0.2) is 0 Å². The van der Waals surface area contributed by atoms with Crippen molar-refractivity contribution in [3.8, 4) is 0 Å². The largest absolute Gasteiger partial charge is 0.389 e. The molecule has 0 saturated carbocycles. The van der Waals surface area contributed by atoms with Crippen LogP contribution in [0.2, 0.25) is 0 Å². The zero-order valence-corrected chi connectivity index (χ0v) is 16.6. The van der Waals surface area contributed by atoms with Crippen molar-refractivity contribution in [1.29, 1.82) is 0 Å². The van der Waals surface area contributed by atoms with Crippen molar-refractivity contribution in [2.75, 3.05) is 0 Å². The SMILES string of the molecule is C=C1CC[C@@H](C(C)C)/C=C/[C@@](C)(O)C[C@H](O)/C=C(/C)CC[C@H]1Br. The topological polar surface area (TPSA) is 40.5 Å². The molecule has 0 fully saturated rings. The standard InChI is InChI=1S/C20H33BrO2/c1-14(2)17-8-7-16(4)19(21)9-6-15(3)12-18(22)13-20(5,23)11-10-17/h10-12,14,17-19,22-23H,4,6-9,13H2,1-3,5H3/b11-10+,15-12-/t17-,18-,19-,20-/m1/s1. The van der Waals surface area contributed by atoms with Crippen LogP contribution in [0.25, 0.3) is 0 Å². The summed E-state index contributed by atoms with van der Waals surface area (Å²) in [6.07, 6.45) is 9.53. The van der Waals surface area contributed by atoms with Gasteiger partial charge in [-0.05, 0) is 51.4 Å². The lowest BCUT2D eigenvalue weighted by molar-refractivity contribution is 0.0565. The molecule has 23 heavy (non-hydrogen) atoms. The fraction of sp³-hybridized carbons (Fsp3) is 0.700. The summed E-state index contributed by atoms with van der Waals surface area (Å²) in [7, 11) is 0. The highest BCUT2D eigenvalue weighted by atomic mass is 79.9. The quantitative estimate of drug-likeness (QED) is 0.484. The molecule has 2 nitrogen and oxygen atoms in total. The van der Waals surface area contributed by atoms with Crippen LogP contribution in [0.3, 0.4) is 0 Å². The highest BCUT2D eigenvalue weighted by molar-refractivity contribution is 9.09. The van der Waals surface area contributed by atoms with E-state index in [0.29, 0.717) is 23.1 Å². The second-order valence-electron chi connectivity index (χ2n) is 7.61. The van der Waals surface area contributed by atoms with Crippen LogP contribution >= 0.6 is 15.9 Å². The number of allylic oxidation sites excluding steroid dienone is 3. The molecule has 2 N–H and O–H groups in total. The second-order valence-corrected chi connectivity index (χ2v) is 8.72. The first kappa shape index (κ1) is 20.7. The van der Waals surface area contributed by atoms with Crippen LogP contribution < -0.4 is 0 Å². The first-order chi connectivity index (χ1) is 10.6. The fourth-order valence-corrected chi connectivity index (χ4v) is 3.47. The Hall–Kier alpha value is -0.380. The lowest BCUT2D eigenvalue weighted by atomic mass is 9.86. The van der Waals surface area contributed by atoms with Crippen LogP contribution in [0.1, 0.15) is 59.8 Å². The highest BCUT2D eigenvalue weighted by Gasteiger charge is 2.22. The molecule has 0 aromatic heterocycles. The van der Waals surface area contributed by atoms with E-state index in [9.17, 15) is 10.2 Å². The van der Waals surface area contributed by atoms with E-state index in [1.807, 2.05) is 19.1 Å². The van der Waals surface area contributed by atoms with Gasteiger partial charge in [0.25, 0.3) is 0 Å². The fourth-order valence-electron chi connectivity index (χ4n) is 3.01. The zero-order chi connectivity index (χ0) is 17.6. The van der Waals surface area contributed by atoms with Gasteiger partial charge >= 0.3 is 0 Å². The van der Waals surface area contributed by atoms with Crippen molar-refractivity contribution in [2.24, 2.45) is 11.8 Å². The molecule has 3 heteroatoms. The summed E-state index contributed by atoms with van der Waals surface area (Å²) in [6.45, 7) is 12.5. The number of rotatable bonds is 1. The number of hydrogen-bond acceptors (Lipinski definition) is 2. The van der Waals surface area contributed by atoms with Crippen LogP contribution in [0.5, 0.6) is 0 Å². The van der Waals surface area contributed by atoms with Crippen LogP contribution in [0, 0.1) is 11.8 Å².